The van der Waals surface area contributed by atoms with Crippen molar-refractivity contribution in [1.29, 1.82) is 0 Å². The topological polar surface area (TPSA) is 64.9 Å². The van der Waals surface area contributed by atoms with Gasteiger partial charge in [-0.05, 0) is 43.2 Å². The Bertz CT molecular complexity index is 911. The lowest BCUT2D eigenvalue weighted by molar-refractivity contribution is 0.418. The van der Waals surface area contributed by atoms with E-state index in [2.05, 4.69) is 10.1 Å². The van der Waals surface area contributed by atoms with E-state index in [1.807, 2.05) is 12.1 Å². The SMILES string of the molecule is Nc1cc(Cl)c(C2(c3noc(-c4cccc(Cl)c4)n3)CC2)c(Cl)c1. The summed E-state index contributed by atoms with van der Waals surface area (Å²) in [6, 6.07) is 10.7. The Balaban J connectivity index is 1.77. The first-order chi connectivity index (χ1) is 11.5. The van der Waals surface area contributed by atoms with Crippen molar-refractivity contribution in [2.24, 2.45) is 0 Å². The highest BCUT2D eigenvalue weighted by Gasteiger charge is 2.52. The molecular weight excluding hydrogens is 369 g/mol. The van der Waals surface area contributed by atoms with Crippen molar-refractivity contribution in [1.82, 2.24) is 10.1 Å². The smallest absolute Gasteiger partial charge is 0.258 e. The largest absolute Gasteiger partial charge is 0.399 e. The first-order valence-electron chi connectivity index (χ1n) is 7.35. The monoisotopic (exact) mass is 379 g/mol. The number of halogens is 3. The van der Waals surface area contributed by atoms with Gasteiger partial charge in [0.25, 0.3) is 5.89 Å². The molecule has 2 N–H and O–H groups in total. The van der Waals surface area contributed by atoms with Gasteiger partial charge in [-0.3, -0.25) is 0 Å². The number of anilines is 1. The molecule has 1 aliphatic carbocycles. The average Bonchev–Trinajstić information content (AvgIpc) is 3.14. The third-order valence-electron chi connectivity index (χ3n) is 4.22. The van der Waals surface area contributed by atoms with Gasteiger partial charge in [0.15, 0.2) is 5.82 Å². The van der Waals surface area contributed by atoms with Crippen molar-refractivity contribution >= 4 is 40.5 Å². The van der Waals surface area contributed by atoms with Gasteiger partial charge in [-0.15, -0.1) is 0 Å². The standard InChI is InChI=1S/C17H12Cl3N3O/c18-10-3-1-2-9(6-10)15-22-16(23-24-15)17(4-5-17)14-12(19)7-11(21)8-13(14)20/h1-3,6-8H,4-5,21H2. The number of nitrogen functional groups attached to an aromatic ring is 1. The summed E-state index contributed by atoms with van der Waals surface area (Å²) < 4.78 is 5.43. The minimum absolute atomic E-state index is 0.414. The van der Waals surface area contributed by atoms with E-state index in [9.17, 15) is 0 Å². The molecule has 7 heteroatoms. The Labute approximate surface area is 153 Å². The first kappa shape index (κ1) is 15.8. The third kappa shape index (κ3) is 2.55. The van der Waals surface area contributed by atoms with E-state index in [0.29, 0.717) is 32.5 Å². The molecular formula is C17H12Cl3N3O. The molecule has 1 aliphatic rings. The summed E-state index contributed by atoms with van der Waals surface area (Å²) in [5.74, 6) is 0.993. The van der Waals surface area contributed by atoms with Crippen LogP contribution in [0.1, 0.15) is 24.2 Å². The molecule has 122 valence electrons. The Morgan fingerprint density at radius 3 is 2.38 bits per heavy atom. The summed E-state index contributed by atoms with van der Waals surface area (Å²) >= 11 is 18.8. The van der Waals surface area contributed by atoms with Crippen molar-refractivity contribution in [3.63, 3.8) is 0 Å². The van der Waals surface area contributed by atoms with Crippen molar-refractivity contribution in [3.05, 3.63) is 62.9 Å². The van der Waals surface area contributed by atoms with Gasteiger partial charge in [-0.2, -0.15) is 4.98 Å². The zero-order chi connectivity index (χ0) is 16.9. The molecule has 0 bridgehead atoms. The Morgan fingerprint density at radius 2 is 1.75 bits per heavy atom. The predicted octanol–water partition coefficient (Wildman–Crippen LogP) is 5.36. The highest BCUT2D eigenvalue weighted by atomic mass is 35.5. The van der Waals surface area contributed by atoms with E-state index in [4.69, 9.17) is 45.1 Å². The summed E-state index contributed by atoms with van der Waals surface area (Å²) in [7, 11) is 0. The number of hydrogen-bond donors (Lipinski definition) is 1. The lowest BCUT2D eigenvalue weighted by Crippen LogP contribution is -2.12. The van der Waals surface area contributed by atoms with E-state index in [1.165, 1.54) is 0 Å². The third-order valence-corrected chi connectivity index (χ3v) is 5.05. The molecule has 3 aromatic rings. The summed E-state index contributed by atoms with van der Waals surface area (Å²) in [4.78, 5) is 4.55. The number of benzene rings is 2. The van der Waals surface area contributed by atoms with Gasteiger partial charge in [-0.25, -0.2) is 0 Å². The summed E-state index contributed by atoms with van der Waals surface area (Å²) in [5.41, 5.74) is 7.48. The zero-order valence-electron chi connectivity index (χ0n) is 12.4. The summed E-state index contributed by atoms with van der Waals surface area (Å²) in [5, 5.41) is 5.81. The molecule has 1 fully saturated rings. The zero-order valence-corrected chi connectivity index (χ0v) is 14.7. The maximum atomic E-state index is 6.39. The molecule has 1 aromatic heterocycles. The number of hydrogen-bond acceptors (Lipinski definition) is 4. The van der Waals surface area contributed by atoms with Crippen LogP contribution in [-0.4, -0.2) is 10.1 Å². The van der Waals surface area contributed by atoms with Crippen LogP contribution in [0.5, 0.6) is 0 Å². The molecule has 4 rings (SSSR count). The first-order valence-corrected chi connectivity index (χ1v) is 8.48. The van der Waals surface area contributed by atoms with E-state index in [0.717, 1.165) is 24.0 Å². The van der Waals surface area contributed by atoms with Gasteiger partial charge in [0.05, 0.1) is 5.41 Å². The molecule has 1 heterocycles. The van der Waals surface area contributed by atoms with Crippen molar-refractivity contribution in [3.8, 4) is 11.5 Å². The average molecular weight is 381 g/mol. The van der Waals surface area contributed by atoms with Gasteiger partial charge in [0, 0.05) is 31.9 Å². The Hall–Kier alpha value is -1.75. The van der Waals surface area contributed by atoms with Crippen LogP contribution in [0.3, 0.4) is 0 Å². The van der Waals surface area contributed by atoms with Crippen LogP contribution < -0.4 is 5.73 Å². The summed E-state index contributed by atoms with van der Waals surface area (Å²) in [6.07, 6.45) is 1.70. The fourth-order valence-electron chi connectivity index (χ4n) is 2.92. The second-order valence-electron chi connectivity index (χ2n) is 5.88. The molecule has 4 nitrogen and oxygen atoms in total. The maximum absolute atomic E-state index is 6.39. The van der Waals surface area contributed by atoms with Crippen LogP contribution in [0.25, 0.3) is 11.5 Å². The van der Waals surface area contributed by atoms with Gasteiger partial charge in [0.2, 0.25) is 0 Å². The molecule has 24 heavy (non-hydrogen) atoms. The molecule has 0 aliphatic heterocycles. The van der Waals surface area contributed by atoms with E-state index >= 15 is 0 Å². The molecule has 0 spiro atoms. The minimum atomic E-state index is -0.414. The van der Waals surface area contributed by atoms with Crippen LogP contribution in [-0.2, 0) is 5.41 Å². The van der Waals surface area contributed by atoms with E-state index < -0.39 is 5.41 Å². The number of aromatic nitrogens is 2. The minimum Gasteiger partial charge on any atom is -0.399 e. The molecule has 2 aromatic carbocycles. The molecule has 0 atom stereocenters. The van der Waals surface area contributed by atoms with Crippen LogP contribution in [0.4, 0.5) is 5.69 Å². The Kier molecular flexibility index (Phi) is 3.71. The van der Waals surface area contributed by atoms with Crippen molar-refractivity contribution < 1.29 is 4.52 Å². The van der Waals surface area contributed by atoms with Crippen LogP contribution >= 0.6 is 34.8 Å². The van der Waals surface area contributed by atoms with Crippen LogP contribution in [0, 0.1) is 0 Å². The van der Waals surface area contributed by atoms with E-state index in [-0.39, 0.29) is 0 Å². The summed E-state index contributed by atoms with van der Waals surface area (Å²) in [6.45, 7) is 0. The van der Waals surface area contributed by atoms with E-state index in [1.54, 1.807) is 24.3 Å². The number of nitrogens with two attached hydrogens (primary N) is 1. The molecule has 1 saturated carbocycles. The van der Waals surface area contributed by atoms with Gasteiger partial charge in [-0.1, -0.05) is 46.0 Å². The van der Waals surface area contributed by atoms with Crippen molar-refractivity contribution in [2.45, 2.75) is 18.3 Å². The van der Waals surface area contributed by atoms with Gasteiger partial charge >= 0.3 is 0 Å². The fourth-order valence-corrected chi connectivity index (χ4v) is 3.97. The molecule has 0 amide bonds. The lowest BCUT2D eigenvalue weighted by Gasteiger charge is -2.15. The molecule has 0 radical (unpaired) electrons. The fraction of sp³-hybridized carbons (Fsp3) is 0.176. The maximum Gasteiger partial charge on any atom is 0.258 e. The van der Waals surface area contributed by atoms with Crippen LogP contribution in [0.15, 0.2) is 40.9 Å². The highest BCUT2D eigenvalue weighted by molar-refractivity contribution is 6.36. The van der Waals surface area contributed by atoms with Gasteiger partial charge < -0.3 is 10.3 Å². The quantitative estimate of drug-likeness (QED) is 0.621. The van der Waals surface area contributed by atoms with Crippen molar-refractivity contribution in [2.75, 3.05) is 5.73 Å². The molecule has 0 unspecified atom stereocenters. The van der Waals surface area contributed by atoms with Gasteiger partial charge in [0.1, 0.15) is 0 Å². The normalized spacial score (nSPS) is 15.5. The predicted molar refractivity (Wildman–Crippen MR) is 95.6 cm³/mol. The lowest BCUT2D eigenvalue weighted by atomic mass is 9.94. The second kappa shape index (κ2) is 5.66. The number of rotatable bonds is 3. The molecule has 0 saturated heterocycles. The number of nitrogens with zero attached hydrogens (tertiary/aromatic N) is 2. The Morgan fingerprint density at radius 1 is 1.04 bits per heavy atom. The van der Waals surface area contributed by atoms with Crippen LogP contribution in [0.2, 0.25) is 15.1 Å². The second-order valence-corrected chi connectivity index (χ2v) is 7.13. The highest BCUT2D eigenvalue weighted by Crippen LogP contribution is 2.56.